The van der Waals surface area contributed by atoms with E-state index in [2.05, 4.69) is 22.3 Å². The second-order valence-corrected chi connectivity index (χ2v) is 7.91. The van der Waals surface area contributed by atoms with Crippen LogP contribution < -0.4 is 20.1 Å². The van der Waals surface area contributed by atoms with Crippen LogP contribution in [0.4, 0.5) is 20.7 Å². The van der Waals surface area contributed by atoms with E-state index in [9.17, 15) is 14.0 Å². The molecule has 1 aliphatic rings. The number of ether oxygens (including phenoxy) is 3. The van der Waals surface area contributed by atoms with Gasteiger partial charge in [0.1, 0.15) is 18.2 Å². The monoisotopic (exact) mass is 480 g/mol. The summed E-state index contributed by atoms with van der Waals surface area (Å²) in [5.41, 5.74) is 3.87. The van der Waals surface area contributed by atoms with Gasteiger partial charge in [0.05, 0.1) is 26.5 Å². The molecule has 0 spiro atoms. The van der Waals surface area contributed by atoms with Gasteiger partial charge in [0, 0.05) is 28.8 Å². The van der Waals surface area contributed by atoms with Crippen molar-refractivity contribution in [3.8, 4) is 22.8 Å². The number of fused-ring (bicyclic) bond motifs is 3. The topological polar surface area (TPSA) is 104 Å². The summed E-state index contributed by atoms with van der Waals surface area (Å²) >= 11 is 0. The lowest BCUT2D eigenvalue weighted by atomic mass is 10.1. The summed E-state index contributed by atoms with van der Waals surface area (Å²) in [4.78, 5) is 24.6. The fraction of sp³-hybridized carbons (Fsp3) is 0.240. The molecule has 9 nitrogen and oxygen atoms in total. The van der Waals surface area contributed by atoms with Crippen LogP contribution >= 0.6 is 0 Å². The number of carbonyl (C=O) groups excluding carboxylic acids is 2. The van der Waals surface area contributed by atoms with E-state index in [1.807, 2.05) is 12.1 Å². The summed E-state index contributed by atoms with van der Waals surface area (Å²) in [6.45, 7) is 5.11. The number of esters is 1. The summed E-state index contributed by atoms with van der Waals surface area (Å²) in [5, 5.41) is 10.4. The Morgan fingerprint density at radius 2 is 1.91 bits per heavy atom. The van der Waals surface area contributed by atoms with Crippen molar-refractivity contribution in [2.45, 2.75) is 13.3 Å². The lowest BCUT2D eigenvalue weighted by molar-refractivity contribution is -0.138. The normalized spacial score (nSPS) is 11.3. The van der Waals surface area contributed by atoms with Crippen LogP contribution in [0.15, 0.2) is 48.6 Å². The number of hydrogen-bond acceptors (Lipinski definition) is 7. The van der Waals surface area contributed by atoms with Gasteiger partial charge in [0.15, 0.2) is 11.5 Å². The first kappa shape index (κ1) is 23.8. The van der Waals surface area contributed by atoms with Crippen molar-refractivity contribution in [2.24, 2.45) is 0 Å². The SMILES string of the molecule is C=C(C)C(=O)OCCNC(=O)n1nc2c(c1Nc1cccc(F)c1)Cc1cc(OC)c(OC)cc1-2. The number of aromatic nitrogens is 2. The molecule has 0 radical (unpaired) electrons. The quantitative estimate of drug-likeness (QED) is 0.223. The van der Waals surface area contributed by atoms with E-state index in [4.69, 9.17) is 14.2 Å². The lowest BCUT2D eigenvalue weighted by Gasteiger charge is -2.13. The third-order valence-electron chi connectivity index (χ3n) is 5.45. The Labute approximate surface area is 201 Å². The molecule has 10 heteroatoms. The van der Waals surface area contributed by atoms with Gasteiger partial charge >= 0.3 is 12.0 Å². The number of nitrogens with zero attached hydrogens (tertiary/aromatic N) is 2. The number of rotatable bonds is 8. The maximum atomic E-state index is 13.8. The largest absolute Gasteiger partial charge is 0.493 e. The first-order valence-electron chi connectivity index (χ1n) is 10.8. The fourth-order valence-corrected chi connectivity index (χ4v) is 3.79. The van der Waals surface area contributed by atoms with Crippen molar-refractivity contribution in [3.63, 3.8) is 0 Å². The molecule has 2 aromatic carbocycles. The van der Waals surface area contributed by atoms with Crippen LogP contribution in [0.1, 0.15) is 18.1 Å². The molecule has 1 heterocycles. The number of carbonyl (C=O) groups is 2. The van der Waals surface area contributed by atoms with Crippen LogP contribution in [0.5, 0.6) is 11.5 Å². The molecule has 0 bridgehead atoms. The molecule has 0 saturated heterocycles. The Balaban J connectivity index is 1.66. The number of benzene rings is 2. The summed E-state index contributed by atoms with van der Waals surface area (Å²) in [6.07, 6.45) is 0.478. The predicted octanol–water partition coefficient (Wildman–Crippen LogP) is 4.03. The van der Waals surface area contributed by atoms with Gasteiger partial charge in [-0.2, -0.15) is 9.78 Å². The molecule has 4 rings (SSSR count). The maximum Gasteiger partial charge on any atom is 0.344 e. The Morgan fingerprint density at radius 3 is 2.60 bits per heavy atom. The van der Waals surface area contributed by atoms with Crippen LogP contribution in [0, 0.1) is 5.82 Å². The zero-order chi connectivity index (χ0) is 25.1. The molecule has 35 heavy (non-hydrogen) atoms. The highest BCUT2D eigenvalue weighted by Gasteiger charge is 2.31. The second-order valence-electron chi connectivity index (χ2n) is 7.91. The smallest absolute Gasteiger partial charge is 0.344 e. The molecule has 3 aromatic rings. The second kappa shape index (κ2) is 9.88. The predicted molar refractivity (Wildman–Crippen MR) is 128 cm³/mol. The summed E-state index contributed by atoms with van der Waals surface area (Å²) in [6, 6.07) is 9.08. The van der Waals surface area contributed by atoms with E-state index in [-0.39, 0.29) is 18.7 Å². The molecule has 0 aliphatic heterocycles. The van der Waals surface area contributed by atoms with E-state index in [0.717, 1.165) is 16.7 Å². The molecular formula is C25H25FN4O5. The maximum absolute atomic E-state index is 13.8. The molecule has 1 aromatic heterocycles. The van der Waals surface area contributed by atoms with Crippen LogP contribution in [0.2, 0.25) is 0 Å². The van der Waals surface area contributed by atoms with Crippen molar-refractivity contribution in [3.05, 3.63) is 65.5 Å². The first-order valence-corrected chi connectivity index (χ1v) is 10.8. The van der Waals surface area contributed by atoms with Crippen molar-refractivity contribution in [2.75, 3.05) is 32.7 Å². The Morgan fingerprint density at radius 1 is 1.17 bits per heavy atom. The van der Waals surface area contributed by atoms with Crippen molar-refractivity contribution in [1.82, 2.24) is 15.1 Å². The third kappa shape index (κ3) is 4.81. The first-order chi connectivity index (χ1) is 16.8. The van der Waals surface area contributed by atoms with Gasteiger partial charge in [-0.1, -0.05) is 12.6 Å². The Hall–Kier alpha value is -4.34. The molecule has 0 unspecified atom stereocenters. The van der Waals surface area contributed by atoms with Crippen LogP contribution in [0.3, 0.4) is 0 Å². The van der Waals surface area contributed by atoms with Gasteiger partial charge in [-0.25, -0.2) is 14.0 Å². The fourth-order valence-electron chi connectivity index (χ4n) is 3.79. The number of anilines is 2. The molecule has 0 fully saturated rings. The highest BCUT2D eigenvalue weighted by atomic mass is 19.1. The third-order valence-corrected chi connectivity index (χ3v) is 5.45. The van der Waals surface area contributed by atoms with Crippen molar-refractivity contribution < 1.29 is 28.2 Å². The number of hydrogen-bond donors (Lipinski definition) is 2. The van der Waals surface area contributed by atoms with Gasteiger partial charge in [-0.05, 0) is 42.8 Å². The summed E-state index contributed by atoms with van der Waals surface area (Å²) < 4.78 is 30.9. The van der Waals surface area contributed by atoms with Gasteiger partial charge in [0.2, 0.25) is 0 Å². The molecule has 0 atom stereocenters. The minimum absolute atomic E-state index is 0.0229. The number of methoxy groups -OCH3 is 2. The molecule has 0 saturated carbocycles. The number of halogens is 1. The van der Waals surface area contributed by atoms with E-state index in [0.29, 0.717) is 35.1 Å². The van der Waals surface area contributed by atoms with E-state index in [1.54, 1.807) is 33.3 Å². The summed E-state index contributed by atoms with van der Waals surface area (Å²) in [7, 11) is 3.11. The lowest BCUT2D eigenvalue weighted by Crippen LogP contribution is -2.33. The zero-order valence-electron chi connectivity index (χ0n) is 19.6. The van der Waals surface area contributed by atoms with Crippen LogP contribution in [-0.2, 0) is 16.0 Å². The summed E-state index contributed by atoms with van der Waals surface area (Å²) in [5.74, 6) is 0.574. The molecule has 2 N–H and O–H groups in total. The molecule has 1 amide bonds. The standard InChI is InChI=1S/C25H25FN4O5/c1-14(2)24(31)35-9-8-27-25(32)30-23(28-17-7-5-6-16(26)12-17)19-10-15-11-20(33-3)21(34-4)13-18(15)22(19)29-30/h5-7,11-13,28H,1,8-10H2,2-4H3,(H,27,32). The number of nitrogens with one attached hydrogen (secondary N) is 2. The van der Waals surface area contributed by atoms with Gasteiger partial charge in [-0.15, -0.1) is 0 Å². The molecule has 1 aliphatic carbocycles. The Kier molecular flexibility index (Phi) is 6.72. The van der Waals surface area contributed by atoms with E-state index >= 15 is 0 Å². The Bertz CT molecular complexity index is 1320. The minimum atomic E-state index is -0.535. The van der Waals surface area contributed by atoms with Gasteiger partial charge in [0.25, 0.3) is 0 Å². The van der Waals surface area contributed by atoms with Gasteiger partial charge in [-0.3, -0.25) is 0 Å². The van der Waals surface area contributed by atoms with E-state index < -0.39 is 17.8 Å². The zero-order valence-corrected chi connectivity index (χ0v) is 19.6. The molecule has 182 valence electrons. The highest BCUT2D eigenvalue weighted by Crippen LogP contribution is 2.45. The molecular weight excluding hydrogens is 455 g/mol. The average molecular weight is 480 g/mol. The van der Waals surface area contributed by atoms with Crippen LogP contribution in [-0.4, -0.2) is 49.2 Å². The van der Waals surface area contributed by atoms with Crippen LogP contribution in [0.25, 0.3) is 11.3 Å². The average Bonchev–Trinajstić information content (AvgIpc) is 3.36. The van der Waals surface area contributed by atoms with Crippen molar-refractivity contribution in [1.29, 1.82) is 0 Å². The number of amides is 1. The van der Waals surface area contributed by atoms with Crippen molar-refractivity contribution >= 4 is 23.5 Å². The van der Waals surface area contributed by atoms with Gasteiger partial charge < -0.3 is 24.8 Å². The van der Waals surface area contributed by atoms with E-state index in [1.165, 1.54) is 16.8 Å². The highest BCUT2D eigenvalue weighted by molar-refractivity contribution is 5.89. The minimum Gasteiger partial charge on any atom is -0.493 e.